The highest BCUT2D eigenvalue weighted by Gasteiger charge is 2.17. The SMILES string of the molecule is CCCOc1ccc(-c2cc(-c3cc(OC)cc(OC)c3OC)sn2)cc1. The van der Waals surface area contributed by atoms with Gasteiger partial charge in [-0.1, -0.05) is 6.92 Å². The van der Waals surface area contributed by atoms with Crippen LogP contribution in [0.15, 0.2) is 42.5 Å². The van der Waals surface area contributed by atoms with E-state index in [-0.39, 0.29) is 0 Å². The normalized spacial score (nSPS) is 10.5. The van der Waals surface area contributed by atoms with Crippen molar-refractivity contribution in [3.05, 3.63) is 42.5 Å². The van der Waals surface area contributed by atoms with E-state index < -0.39 is 0 Å². The zero-order chi connectivity index (χ0) is 19.2. The third kappa shape index (κ3) is 4.17. The van der Waals surface area contributed by atoms with Gasteiger partial charge in [0.1, 0.15) is 11.5 Å². The van der Waals surface area contributed by atoms with Crippen LogP contribution < -0.4 is 18.9 Å². The third-order valence-corrected chi connectivity index (χ3v) is 4.91. The van der Waals surface area contributed by atoms with Crippen LogP contribution in [0.3, 0.4) is 0 Å². The van der Waals surface area contributed by atoms with Crippen LogP contribution in [0.5, 0.6) is 23.0 Å². The second-order valence-corrected chi connectivity index (χ2v) is 6.66. The Morgan fingerprint density at radius 1 is 0.889 bits per heavy atom. The molecule has 0 spiro atoms. The fourth-order valence-electron chi connectivity index (χ4n) is 2.72. The molecule has 1 heterocycles. The Kier molecular flexibility index (Phi) is 6.19. The molecule has 0 aliphatic rings. The van der Waals surface area contributed by atoms with Gasteiger partial charge in [-0.15, -0.1) is 0 Å². The number of benzene rings is 2. The van der Waals surface area contributed by atoms with Gasteiger partial charge in [0.2, 0.25) is 0 Å². The minimum atomic E-state index is 0.624. The van der Waals surface area contributed by atoms with E-state index in [2.05, 4.69) is 11.3 Å². The van der Waals surface area contributed by atoms with E-state index in [0.717, 1.165) is 40.5 Å². The smallest absolute Gasteiger partial charge is 0.169 e. The number of hydrogen-bond acceptors (Lipinski definition) is 6. The molecule has 0 atom stereocenters. The zero-order valence-corrected chi connectivity index (χ0v) is 16.8. The number of nitrogens with zero attached hydrogens (tertiary/aromatic N) is 1. The Hall–Kier alpha value is -2.73. The van der Waals surface area contributed by atoms with Gasteiger partial charge in [0.25, 0.3) is 0 Å². The number of aromatic nitrogens is 1. The summed E-state index contributed by atoms with van der Waals surface area (Å²) in [5, 5.41) is 0. The molecule has 2 aromatic carbocycles. The quantitative estimate of drug-likeness (QED) is 0.527. The maximum Gasteiger partial charge on any atom is 0.169 e. The molecule has 142 valence electrons. The molecule has 0 amide bonds. The molecule has 0 bridgehead atoms. The molecular formula is C21H23NO4S. The summed E-state index contributed by atoms with van der Waals surface area (Å²) in [6, 6.07) is 13.8. The second kappa shape index (κ2) is 8.77. The molecule has 0 radical (unpaired) electrons. The van der Waals surface area contributed by atoms with Crippen molar-refractivity contribution in [2.24, 2.45) is 0 Å². The lowest BCUT2D eigenvalue weighted by atomic mass is 10.1. The summed E-state index contributed by atoms with van der Waals surface area (Å²) in [6.07, 6.45) is 0.989. The van der Waals surface area contributed by atoms with E-state index in [4.69, 9.17) is 18.9 Å². The van der Waals surface area contributed by atoms with E-state index in [0.29, 0.717) is 17.2 Å². The Morgan fingerprint density at radius 2 is 1.67 bits per heavy atom. The van der Waals surface area contributed by atoms with E-state index >= 15 is 0 Å². The van der Waals surface area contributed by atoms with E-state index in [1.165, 1.54) is 11.5 Å². The second-order valence-electron chi connectivity index (χ2n) is 5.86. The van der Waals surface area contributed by atoms with Gasteiger partial charge in [-0.3, -0.25) is 0 Å². The highest BCUT2D eigenvalue weighted by Crippen LogP contribution is 2.43. The summed E-state index contributed by atoms with van der Waals surface area (Å²) < 4.78 is 26.6. The topological polar surface area (TPSA) is 49.8 Å². The van der Waals surface area contributed by atoms with Crippen molar-refractivity contribution in [2.75, 3.05) is 27.9 Å². The molecule has 27 heavy (non-hydrogen) atoms. The lowest BCUT2D eigenvalue weighted by Crippen LogP contribution is -1.94. The predicted molar refractivity (Wildman–Crippen MR) is 108 cm³/mol. The van der Waals surface area contributed by atoms with Crippen LogP contribution in [-0.4, -0.2) is 32.3 Å². The van der Waals surface area contributed by atoms with E-state index in [9.17, 15) is 0 Å². The molecule has 0 fully saturated rings. The third-order valence-electron chi connectivity index (χ3n) is 4.09. The largest absolute Gasteiger partial charge is 0.497 e. The monoisotopic (exact) mass is 385 g/mol. The van der Waals surface area contributed by atoms with Gasteiger partial charge >= 0.3 is 0 Å². The number of methoxy groups -OCH3 is 3. The zero-order valence-electron chi connectivity index (χ0n) is 15.9. The first-order valence-electron chi connectivity index (χ1n) is 8.70. The maximum absolute atomic E-state index is 5.64. The molecule has 0 saturated heterocycles. The first-order valence-corrected chi connectivity index (χ1v) is 9.47. The van der Waals surface area contributed by atoms with Gasteiger partial charge in [0, 0.05) is 17.2 Å². The maximum atomic E-state index is 5.64. The van der Waals surface area contributed by atoms with Crippen molar-refractivity contribution >= 4 is 11.5 Å². The fourth-order valence-corrected chi connectivity index (χ4v) is 3.49. The summed E-state index contributed by atoms with van der Waals surface area (Å²) in [5.74, 6) is 2.86. The van der Waals surface area contributed by atoms with Gasteiger partial charge in [0.05, 0.1) is 38.5 Å². The van der Waals surface area contributed by atoms with E-state index in [1.54, 1.807) is 27.4 Å². The predicted octanol–water partition coefficient (Wildman–Crippen LogP) is 5.29. The van der Waals surface area contributed by atoms with Crippen molar-refractivity contribution in [3.8, 4) is 44.7 Å². The summed E-state index contributed by atoms with van der Waals surface area (Å²) in [6.45, 7) is 2.81. The molecule has 0 N–H and O–H groups in total. The Bertz CT molecular complexity index is 890. The van der Waals surface area contributed by atoms with Gasteiger partial charge in [-0.2, -0.15) is 4.37 Å². The van der Waals surface area contributed by atoms with Crippen molar-refractivity contribution in [1.82, 2.24) is 4.37 Å². The molecule has 5 nitrogen and oxygen atoms in total. The highest BCUT2D eigenvalue weighted by atomic mass is 32.1. The summed E-state index contributed by atoms with van der Waals surface area (Å²) in [4.78, 5) is 0.977. The van der Waals surface area contributed by atoms with Crippen LogP contribution in [0.4, 0.5) is 0 Å². The van der Waals surface area contributed by atoms with Crippen molar-refractivity contribution in [2.45, 2.75) is 13.3 Å². The number of hydrogen-bond donors (Lipinski definition) is 0. The number of ether oxygens (including phenoxy) is 4. The van der Waals surface area contributed by atoms with Gasteiger partial charge < -0.3 is 18.9 Å². The molecule has 6 heteroatoms. The standard InChI is InChI=1S/C21H23NO4S/c1-5-10-26-15-8-6-14(7-9-15)18-13-20(27-22-18)17-11-16(23-2)12-19(24-3)21(17)25-4/h6-9,11-13H,5,10H2,1-4H3. The highest BCUT2D eigenvalue weighted by molar-refractivity contribution is 7.09. The minimum absolute atomic E-state index is 0.624. The average Bonchev–Trinajstić information content (AvgIpc) is 3.21. The molecule has 3 rings (SSSR count). The van der Waals surface area contributed by atoms with Crippen LogP contribution in [0.1, 0.15) is 13.3 Å². The molecule has 0 saturated carbocycles. The lowest BCUT2D eigenvalue weighted by molar-refractivity contribution is 0.317. The van der Waals surface area contributed by atoms with Crippen LogP contribution >= 0.6 is 11.5 Å². The molecule has 1 aromatic heterocycles. The Balaban J connectivity index is 1.94. The van der Waals surface area contributed by atoms with Gasteiger partial charge in [0.15, 0.2) is 11.5 Å². The average molecular weight is 385 g/mol. The summed E-state index contributed by atoms with van der Waals surface area (Å²) >= 11 is 1.41. The minimum Gasteiger partial charge on any atom is -0.497 e. The lowest BCUT2D eigenvalue weighted by Gasteiger charge is -2.13. The number of rotatable bonds is 8. The van der Waals surface area contributed by atoms with Crippen molar-refractivity contribution < 1.29 is 18.9 Å². The first kappa shape index (κ1) is 19.0. The molecule has 0 unspecified atom stereocenters. The molecule has 0 aliphatic heterocycles. The fraction of sp³-hybridized carbons (Fsp3) is 0.286. The van der Waals surface area contributed by atoms with Gasteiger partial charge in [-0.05, 0) is 54.4 Å². The summed E-state index contributed by atoms with van der Waals surface area (Å²) in [5.41, 5.74) is 2.83. The summed E-state index contributed by atoms with van der Waals surface area (Å²) in [7, 11) is 4.87. The van der Waals surface area contributed by atoms with Crippen LogP contribution in [-0.2, 0) is 0 Å². The van der Waals surface area contributed by atoms with Crippen molar-refractivity contribution in [1.29, 1.82) is 0 Å². The van der Waals surface area contributed by atoms with Crippen LogP contribution in [0.2, 0.25) is 0 Å². The van der Waals surface area contributed by atoms with Crippen molar-refractivity contribution in [3.63, 3.8) is 0 Å². The first-order chi connectivity index (χ1) is 13.2. The van der Waals surface area contributed by atoms with Crippen LogP contribution in [0.25, 0.3) is 21.7 Å². The molecule has 3 aromatic rings. The molecular weight excluding hydrogens is 362 g/mol. The molecule has 0 aliphatic carbocycles. The van der Waals surface area contributed by atoms with E-state index in [1.807, 2.05) is 36.4 Å². The van der Waals surface area contributed by atoms with Gasteiger partial charge in [-0.25, -0.2) is 0 Å². The Morgan fingerprint density at radius 3 is 2.30 bits per heavy atom. The van der Waals surface area contributed by atoms with Crippen LogP contribution in [0, 0.1) is 0 Å². The Labute approximate surface area is 163 Å².